The summed E-state index contributed by atoms with van der Waals surface area (Å²) in [4.78, 5) is 62.8. The summed E-state index contributed by atoms with van der Waals surface area (Å²) in [6.07, 6.45) is 2.78. The van der Waals surface area contributed by atoms with Crippen LogP contribution in [0, 0.1) is 13.8 Å². The van der Waals surface area contributed by atoms with Crippen LogP contribution in [0.5, 0.6) is 5.75 Å². The lowest BCUT2D eigenvalue weighted by molar-refractivity contribution is -0.133. The van der Waals surface area contributed by atoms with E-state index < -0.39 is 23.8 Å². The Bertz CT molecular complexity index is 2620. The monoisotopic (exact) mass is 790 g/mol. The van der Waals surface area contributed by atoms with Crippen molar-refractivity contribution in [2.75, 3.05) is 43.0 Å². The number of aromatic nitrogens is 3. The van der Waals surface area contributed by atoms with Crippen LogP contribution in [0.4, 0.5) is 11.5 Å². The highest BCUT2D eigenvalue weighted by Crippen LogP contribution is 2.36. The lowest BCUT2D eigenvalue weighted by atomic mass is 10.0. The van der Waals surface area contributed by atoms with Gasteiger partial charge in [-0.25, -0.2) is 4.98 Å². The number of hydrogen-bond donors (Lipinski definition) is 2. The first kappa shape index (κ1) is 37.4. The highest BCUT2D eigenvalue weighted by molar-refractivity contribution is 6.24. The van der Waals surface area contributed by atoms with Gasteiger partial charge in [-0.05, 0) is 74.2 Å². The van der Waals surface area contributed by atoms with Crippen molar-refractivity contribution in [3.63, 3.8) is 0 Å². The summed E-state index contributed by atoms with van der Waals surface area (Å²) in [6, 6.07) is 26.5. The standard InChI is InChI=1S/C45H42N8O6/c1-27-12-17-35(43(55)47-27)53-44(56)34-10-7-11-36(40(34)45(53)57)58-26-38(54)51-22-20-50(21-23-51)33-15-13-31(14-16-33)41-42(46-25-30-8-5-4-6-9-30)52-19-18-32(24-37(52)48-41)39-28(2)49-59-29(39)3/h4-11,13-16,18-19,24,35,46H,1,12,17,20-23,25-26H2,2-3H3,(H,47,55). The van der Waals surface area contributed by atoms with Crippen molar-refractivity contribution in [3.8, 4) is 28.1 Å². The van der Waals surface area contributed by atoms with Crippen LogP contribution in [0.3, 0.4) is 0 Å². The number of ether oxygens (including phenoxy) is 1. The molecule has 59 heavy (non-hydrogen) atoms. The van der Waals surface area contributed by atoms with E-state index in [0.29, 0.717) is 51.3 Å². The molecular formula is C45H42N8O6. The largest absolute Gasteiger partial charge is 0.483 e. The van der Waals surface area contributed by atoms with E-state index in [0.717, 1.165) is 61.5 Å². The molecule has 14 nitrogen and oxygen atoms in total. The van der Waals surface area contributed by atoms with Gasteiger partial charge in [0.25, 0.3) is 17.7 Å². The molecule has 1 unspecified atom stereocenters. The minimum Gasteiger partial charge on any atom is -0.483 e. The zero-order valence-corrected chi connectivity index (χ0v) is 32.7. The van der Waals surface area contributed by atoms with Crippen LogP contribution in [0.1, 0.15) is 50.6 Å². The zero-order chi connectivity index (χ0) is 40.8. The minimum absolute atomic E-state index is 0.0697. The number of imide groups is 1. The van der Waals surface area contributed by atoms with E-state index in [9.17, 15) is 19.2 Å². The number of piperazine rings is 1. The molecule has 2 saturated heterocycles. The van der Waals surface area contributed by atoms with E-state index in [2.05, 4.69) is 80.2 Å². The third-order valence-electron chi connectivity index (χ3n) is 11.3. The number of allylic oxidation sites excluding steroid dienone is 1. The average Bonchev–Trinajstić information content (AvgIpc) is 3.88. The molecule has 6 heterocycles. The molecule has 3 aliphatic rings. The van der Waals surface area contributed by atoms with E-state index in [1.807, 2.05) is 38.2 Å². The summed E-state index contributed by atoms with van der Waals surface area (Å²) < 4.78 is 13.4. The van der Waals surface area contributed by atoms with E-state index in [4.69, 9.17) is 14.2 Å². The molecule has 2 N–H and O–H groups in total. The maximum atomic E-state index is 13.5. The lowest BCUT2D eigenvalue weighted by Gasteiger charge is -2.36. The molecule has 3 aromatic carbocycles. The number of imidazole rings is 1. The normalized spacial score (nSPS) is 16.8. The van der Waals surface area contributed by atoms with Crippen molar-refractivity contribution in [3.05, 3.63) is 132 Å². The Hall–Kier alpha value is -7.22. The smallest absolute Gasteiger partial charge is 0.266 e. The molecule has 14 heteroatoms. The summed E-state index contributed by atoms with van der Waals surface area (Å²) in [5, 5.41) is 10.4. The van der Waals surface area contributed by atoms with Crippen LogP contribution in [0.25, 0.3) is 28.0 Å². The zero-order valence-electron chi connectivity index (χ0n) is 32.7. The molecule has 298 valence electrons. The van der Waals surface area contributed by atoms with Gasteiger partial charge in [0.15, 0.2) is 6.61 Å². The van der Waals surface area contributed by atoms with Gasteiger partial charge in [0, 0.05) is 61.4 Å². The second kappa shape index (κ2) is 15.3. The molecule has 0 bridgehead atoms. The minimum atomic E-state index is -0.936. The molecule has 0 spiro atoms. The van der Waals surface area contributed by atoms with Gasteiger partial charge in [-0.3, -0.25) is 28.5 Å². The second-order valence-corrected chi connectivity index (χ2v) is 15.0. The topological polar surface area (TPSA) is 155 Å². The number of hydrogen-bond acceptors (Lipinski definition) is 10. The molecule has 1 atom stereocenters. The highest BCUT2D eigenvalue weighted by atomic mass is 16.5. The average molecular weight is 791 g/mol. The molecule has 4 amide bonds. The lowest BCUT2D eigenvalue weighted by Crippen LogP contribution is -2.51. The molecule has 3 aliphatic heterocycles. The Morgan fingerprint density at radius 1 is 0.915 bits per heavy atom. The molecule has 6 aromatic rings. The van der Waals surface area contributed by atoms with Crippen molar-refractivity contribution in [1.82, 2.24) is 29.7 Å². The number of nitrogens with zero attached hydrogens (tertiary/aromatic N) is 6. The van der Waals surface area contributed by atoms with Gasteiger partial charge in [-0.2, -0.15) is 0 Å². The van der Waals surface area contributed by atoms with Crippen molar-refractivity contribution < 1.29 is 28.4 Å². The number of amides is 4. The Balaban J connectivity index is 0.863. The number of benzene rings is 3. The maximum Gasteiger partial charge on any atom is 0.266 e. The third kappa shape index (κ3) is 6.96. The van der Waals surface area contributed by atoms with E-state index >= 15 is 0 Å². The van der Waals surface area contributed by atoms with Crippen molar-refractivity contribution in [2.45, 2.75) is 39.3 Å². The van der Waals surface area contributed by atoms with Gasteiger partial charge >= 0.3 is 0 Å². The molecular weight excluding hydrogens is 749 g/mol. The van der Waals surface area contributed by atoms with Gasteiger partial charge in [0.1, 0.15) is 34.7 Å². The number of piperidine rings is 1. The van der Waals surface area contributed by atoms with E-state index in [1.165, 1.54) is 6.07 Å². The van der Waals surface area contributed by atoms with Crippen molar-refractivity contribution in [1.29, 1.82) is 0 Å². The number of carbonyl (C=O) groups is 4. The van der Waals surface area contributed by atoms with Gasteiger partial charge in [0.2, 0.25) is 5.91 Å². The Morgan fingerprint density at radius 3 is 2.42 bits per heavy atom. The second-order valence-electron chi connectivity index (χ2n) is 15.0. The Morgan fingerprint density at radius 2 is 1.69 bits per heavy atom. The van der Waals surface area contributed by atoms with Crippen LogP contribution in [-0.4, -0.2) is 86.8 Å². The fourth-order valence-corrected chi connectivity index (χ4v) is 8.21. The van der Waals surface area contributed by atoms with Crippen LogP contribution in [0.15, 0.2) is 108 Å². The summed E-state index contributed by atoms with van der Waals surface area (Å²) in [5.41, 5.74) is 8.32. The number of pyridine rings is 1. The Labute approximate surface area is 340 Å². The number of fused-ring (bicyclic) bond motifs is 2. The van der Waals surface area contributed by atoms with Crippen LogP contribution < -0.4 is 20.3 Å². The number of carbonyl (C=O) groups excluding carboxylic acids is 4. The maximum absolute atomic E-state index is 13.5. The summed E-state index contributed by atoms with van der Waals surface area (Å²) in [5.74, 6) is -0.0519. The van der Waals surface area contributed by atoms with Crippen LogP contribution in [-0.2, 0) is 16.1 Å². The fraction of sp³-hybridized carbons (Fsp3) is 0.244. The first-order valence-corrected chi connectivity index (χ1v) is 19.6. The number of nitrogens with one attached hydrogen (secondary N) is 2. The summed E-state index contributed by atoms with van der Waals surface area (Å²) >= 11 is 0. The van der Waals surface area contributed by atoms with E-state index in [-0.39, 0.29) is 29.4 Å². The van der Waals surface area contributed by atoms with Gasteiger partial charge < -0.3 is 29.7 Å². The first-order chi connectivity index (χ1) is 28.6. The number of aryl methyl sites for hydroxylation is 2. The van der Waals surface area contributed by atoms with Crippen molar-refractivity contribution in [2.24, 2.45) is 0 Å². The highest BCUT2D eigenvalue weighted by Gasteiger charge is 2.45. The molecule has 0 saturated carbocycles. The molecule has 0 aliphatic carbocycles. The van der Waals surface area contributed by atoms with Crippen LogP contribution >= 0.6 is 0 Å². The van der Waals surface area contributed by atoms with Crippen LogP contribution in [0.2, 0.25) is 0 Å². The third-order valence-corrected chi connectivity index (χ3v) is 11.3. The predicted molar refractivity (Wildman–Crippen MR) is 221 cm³/mol. The Kier molecular flexibility index (Phi) is 9.67. The van der Waals surface area contributed by atoms with E-state index in [1.54, 1.807) is 17.0 Å². The molecule has 3 aromatic heterocycles. The van der Waals surface area contributed by atoms with Gasteiger partial charge in [-0.15, -0.1) is 0 Å². The molecule has 2 fully saturated rings. The predicted octanol–water partition coefficient (Wildman–Crippen LogP) is 6.00. The fourth-order valence-electron chi connectivity index (χ4n) is 8.21. The van der Waals surface area contributed by atoms with Gasteiger partial charge in [0.05, 0.1) is 16.8 Å². The van der Waals surface area contributed by atoms with Crippen molar-refractivity contribution >= 4 is 40.8 Å². The summed E-state index contributed by atoms with van der Waals surface area (Å²) in [7, 11) is 0. The van der Waals surface area contributed by atoms with Gasteiger partial charge in [-0.1, -0.05) is 60.3 Å². The molecule has 0 radical (unpaired) electrons. The first-order valence-electron chi connectivity index (χ1n) is 19.6. The number of rotatable bonds is 10. The number of anilines is 2. The molecule has 9 rings (SSSR count). The quantitative estimate of drug-likeness (QED) is 0.158. The SMILES string of the molecule is C=C1CCC(N2C(=O)c3cccc(OCC(=O)N4CCN(c5ccc(-c6nc7cc(-c8c(C)noc8C)ccn7c6NCc6ccccc6)cc5)CC4)c3C2=O)C(=O)N1. The summed E-state index contributed by atoms with van der Waals surface area (Å²) in [6.45, 7) is 10.2.